The van der Waals surface area contributed by atoms with Crippen molar-refractivity contribution >= 4 is 128 Å². The Morgan fingerprint density at radius 1 is 0.313 bits per heavy atom. The summed E-state index contributed by atoms with van der Waals surface area (Å²) in [4.78, 5) is 176. The predicted molar refractivity (Wildman–Crippen MR) is 550 cm³/mol. The molecule has 0 aliphatic rings. The van der Waals surface area contributed by atoms with Gasteiger partial charge in [-0.15, -0.1) is 0 Å². The monoisotopic (exact) mass is 2120 g/mol. The number of ketones is 3. The molecule has 0 saturated heterocycles. The van der Waals surface area contributed by atoms with Crippen LogP contribution in [0.2, 0.25) is 0 Å². The quantitative estimate of drug-likeness (QED) is 0.00555. The topological polar surface area (TPSA) is 652 Å². The molecule has 0 aliphatic carbocycles. The molecular formula is C105H134ClMgN9O34. The molecular weight excluding hydrogens is 1990 g/mol. The summed E-state index contributed by atoms with van der Waals surface area (Å²) >= 11 is 5.58. The molecule has 0 fully saturated rings. The number of ether oxygens (including phenoxy) is 12. The van der Waals surface area contributed by atoms with Crippen LogP contribution in [0.4, 0.5) is 28.8 Å². The van der Waals surface area contributed by atoms with Crippen LogP contribution in [-0.4, -0.2) is 273 Å². The van der Waals surface area contributed by atoms with Crippen molar-refractivity contribution in [2.24, 2.45) is 17.2 Å². The molecule has 43 nitrogen and oxygen atoms in total. The molecule has 0 aliphatic heterocycles. The number of rotatable bonds is 45. The standard InChI is InChI=1S/C20H23NO4.C14H19NO3.C13H18N2O3.C13H17NO5.C12H15NO5.C11H13NO5.C8H7ClO2.C7H9N.C4H6O3.C3H7NO3.Mg.O/c1-24-15-18(19(22)13-12-16-8-4-2-5-9-16)21-20(23)25-14-17-10-6-3-7-11-17;1-11(16)15-13(10-18-2)14(17)9-8-12-6-4-3-5-7-12;1-18-9-11(15-13(14)17)12(16)8-7-10-5-3-2-4-6-10;1-17-9-11(12(15)18-2)14-13(16)19-8-10-6-4-3-5-7-10;1-17-8-10(11(14)15)13-12(16)18-7-9-5-3-2-4-6-9;13-6-9(10(14)15)12-11(16)17-7-8-4-2-1-3-5-8;9-8(10)11-6-7-4-2-1-3-5-7;8-6-7-4-2-1-3-5-7;1-3(5)7-4(2)6;4-2(1-5)3(6)7;;/h2-11,18H,12-15H2,1H3,(H,21,23);3-7,13H,8-10H2,1-2H3,(H,15,16);2-6,11H,7-9H2,1H3,(H3,14,15,17);3-7,11H,8-9H2,1-2H3,(H,14,16);2-6,10H,7-8H2,1H3,(H,13,16)(H,14,15);1-5,9,13H,6-7H2,(H,12,16)(H,14,15);1-5H,6H2;1-5H,6,8H2;1-2H3;2,5H,1,4H2,(H,6,7);;/t18-;13-;2*11-;10-;9-;;;;2-;;/m111111...1../s1. The van der Waals surface area contributed by atoms with Gasteiger partial charge < -0.3 is 131 Å². The van der Waals surface area contributed by atoms with Crippen molar-refractivity contribution in [3.8, 4) is 0 Å². The van der Waals surface area contributed by atoms with E-state index in [1.807, 2.05) is 242 Å². The number of amides is 7. The zero-order valence-corrected chi connectivity index (χ0v) is 87.0. The Hall–Kier alpha value is -15.2. The van der Waals surface area contributed by atoms with Crippen molar-refractivity contribution in [2.75, 3.05) is 88.9 Å². The maximum absolute atomic E-state index is 12.4. The van der Waals surface area contributed by atoms with Crippen molar-refractivity contribution in [2.45, 2.75) is 141 Å². The van der Waals surface area contributed by atoms with Gasteiger partial charge >= 0.3 is 96.5 Å². The van der Waals surface area contributed by atoms with E-state index in [2.05, 4.69) is 45.5 Å². The van der Waals surface area contributed by atoms with Crippen LogP contribution in [0.5, 0.6) is 0 Å². The number of benzene rings is 9. The van der Waals surface area contributed by atoms with Gasteiger partial charge in [-0.05, 0) is 69.3 Å². The first kappa shape index (κ1) is 137. The number of esters is 3. The number of carboxylic acid groups (broad SMARTS) is 3. The van der Waals surface area contributed by atoms with Crippen LogP contribution in [0.3, 0.4) is 0 Å². The Morgan fingerprint density at radius 2 is 0.547 bits per heavy atom. The molecule has 17 N–H and O–H groups in total. The molecule has 812 valence electrons. The normalized spacial score (nSPS) is 11.1. The molecule has 7 amide bonds. The van der Waals surface area contributed by atoms with E-state index in [-0.39, 0.29) is 89.3 Å². The van der Waals surface area contributed by atoms with Gasteiger partial charge in [0.2, 0.25) is 5.91 Å². The Kier molecular flexibility index (Phi) is 81.2. The minimum absolute atomic E-state index is 0.00379. The van der Waals surface area contributed by atoms with Crippen molar-refractivity contribution in [3.63, 3.8) is 0 Å². The van der Waals surface area contributed by atoms with E-state index in [0.717, 1.165) is 44.5 Å². The van der Waals surface area contributed by atoms with Crippen molar-refractivity contribution in [3.05, 3.63) is 323 Å². The van der Waals surface area contributed by atoms with Gasteiger partial charge in [0, 0.05) is 93.7 Å². The van der Waals surface area contributed by atoms with Gasteiger partial charge in [-0.3, -0.25) is 33.6 Å². The van der Waals surface area contributed by atoms with Gasteiger partial charge in [0.15, 0.2) is 35.5 Å². The molecule has 150 heavy (non-hydrogen) atoms. The maximum atomic E-state index is 12.4. The van der Waals surface area contributed by atoms with Gasteiger partial charge in [0.25, 0.3) is 0 Å². The van der Waals surface area contributed by atoms with E-state index in [1.54, 1.807) is 36.4 Å². The van der Waals surface area contributed by atoms with Gasteiger partial charge in [0.05, 0.1) is 53.4 Å². The number of carboxylic acids is 3. The van der Waals surface area contributed by atoms with Gasteiger partial charge in [0.1, 0.15) is 57.2 Å². The number of urea groups is 1. The van der Waals surface area contributed by atoms with Crippen LogP contribution in [0, 0.1) is 0 Å². The number of primary amides is 1. The average molecular weight is 2130 g/mol. The van der Waals surface area contributed by atoms with E-state index in [1.165, 1.54) is 69.0 Å². The number of nitrogens with one attached hydrogen (secondary N) is 6. The molecule has 0 aromatic heterocycles. The summed E-state index contributed by atoms with van der Waals surface area (Å²) in [5, 5.41) is 56.1. The molecule has 0 saturated carbocycles. The van der Waals surface area contributed by atoms with Crippen LogP contribution >= 0.6 is 11.6 Å². The number of methoxy groups -OCH3 is 6. The van der Waals surface area contributed by atoms with E-state index in [9.17, 15) is 76.7 Å². The van der Waals surface area contributed by atoms with Crippen molar-refractivity contribution in [1.29, 1.82) is 0 Å². The number of alkyl carbamates (subject to hydrolysis) is 4. The van der Waals surface area contributed by atoms with Crippen molar-refractivity contribution in [1.82, 2.24) is 31.9 Å². The number of nitrogens with two attached hydrogens (primary N) is 3. The fourth-order valence-electron chi connectivity index (χ4n) is 11.1. The predicted octanol–water partition coefficient (Wildman–Crippen LogP) is 9.51. The van der Waals surface area contributed by atoms with E-state index >= 15 is 0 Å². The summed E-state index contributed by atoms with van der Waals surface area (Å²) in [5.41, 5.74) is 23.1. The Bertz CT molecular complexity index is 5170. The number of aliphatic hydroxyl groups excluding tert-OH is 2. The Balaban J connectivity index is 0. The fraction of sp³-hybridized carbons (Fsp3) is 0.333. The first-order valence-corrected chi connectivity index (χ1v) is 46.6. The Labute approximate surface area is 887 Å². The number of hydrogen-bond donors (Lipinski definition) is 14. The second-order valence-corrected chi connectivity index (χ2v) is 30.6. The molecule has 9 aromatic carbocycles. The van der Waals surface area contributed by atoms with E-state index in [4.69, 9.17) is 95.4 Å². The van der Waals surface area contributed by atoms with Crippen LogP contribution in [0.15, 0.2) is 273 Å². The second-order valence-electron chi connectivity index (χ2n) is 30.3. The first-order chi connectivity index (χ1) is 71.9. The molecule has 0 bridgehead atoms. The number of aryl methyl sites for hydroxylation is 3. The summed E-state index contributed by atoms with van der Waals surface area (Å²) in [5.74, 6) is -5.76. The van der Waals surface area contributed by atoms with Crippen LogP contribution in [0.1, 0.15) is 90.1 Å². The number of carbonyl (C=O) groups excluding carboxylic acids is 13. The summed E-state index contributed by atoms with van der Waals surface area (Å²) in [7, 11) is 8.50. The molecule has 9 rings (SSSR count). The summed E-state index contributed by atoms with van der Waals surface area (Å²) in [6.07, 6.45) is 0.0301. The number of carbonyl (C=O) groups is 16. The fourth-order valence-corrected chi connectivity index (χ4v) is 11.1. The Morgan fingerprint density at radius 3 is 0.753 bits per heavy atom. The second kappa shape index (κ2) is 89.0. The molecule has 0 heterocycles. The van der Waals surface area contributed by atoms with Crippen molar-refractivity contribution < 1.29 is 162 Å². The van der Waals surface area contributed by atoms with Gasteiger partial charge in [-0.2, -0.15) is 0 Å². The average Bonchev–Trinajstić information content (AvgIpc) is 0.893. The molecule has 0 spiro atoms. The molecule has 9 aromatic rings. The van der Waals surface area contributed by atoms with E-state index in [0.29, 0.717) is 66.8 Å². The van der Waals surface area contributed by atoms with E-state index < -0.39 is 127 Å². The molecule has 0 radical (unpaired) electrons. The molecule has 7 atom stereocenters. The molecule has 45 heteroatoms. The number of Topliss-reactive ketones (excluding diaryl/α,β-unsaturated/α-hetero) is 3. The summed E-state index contributed by atoms with van der Waals surface area (Å²) < 4.78 is 65.5. The number of halogens is 1. The minimum atomic E-state index is -1.35. The first-order valence-electron chi connectivity index (χ1n) is 45.6. The third-order valence-electron chi connectivity index (χ3n) is 18.4. The van der Waals surface area contributed by atoms with Gasteiger partial charge in [-0.25, -0.2) is 43.2 Å². The number of aliphatic carboxylic acids is 3. The number of hydrogen-bond acceptors (Lipinski definition) is 33. The van der Waals surface area contributed by atoms with Gasteiger partial charge in [-0.1, -0.05) is 273 Å². The third-order valence-corrected chi connectivity index (χ3v) is 18.5. The number of aliphatic hydroxyl groups is 2. The molecule has 0 unspecified atom stereocenters. The van der Waals surface area contributed by atoms with Crippen LogP contribution < -0.4 is 49.1 Å². The zero-order chi connectivity index (χ0) is 112. The van der Waals surface area contributed by atoms with Crippen LogP contribution in [-0.2, 0) is 167 Å². The third kappa shape index (κ3) is 74.6. The summed E-state index contributed by atoms with van der Waals surface area (Å²) in [6, 6.07) is 78.1. The zero-order valence-electron chi connectivity index (χ0n) is 84.8. The van der Waals surface area contributed by atoms with Crippen LogP contribution in [0.25, 0.3) is 0 Å². The SMILES string of the molecule is CC(=O)OC(C)=O.COC[C@@H](NC(=O)OCc1ccccc1)C(=O)CCc1ccccc1.COC[C@@H](NC(=O)OCc1ccccc1)C(=O)O.COC[C@@H](NC(=O)OCc1ccccc1)C(=O)OC.COC[C@@H](NC(C)=O)C(=O)CCc1ccccc1.COC[C@@H](NC(N)=O)C(=O)CCc1ccccc1.NCc1ccccc1.N[C@H](CO)C(=O)O.O=C(Cl)OCc1ccccc1.O=C(N[C@H](CO)C(=O)O)OCc1ccccc1.[O]=[Mg]. The summed E-state index contributed by atoms with van der Waals surface area (Å²) in [6.45, 7) is 4.25.